The van der Waals surface area contributed by atoms with Gasteiger partial charge < -0.3 is 14.8 Å². The van der Waals surface area contributed by atoms with Crippen LogP contribution < -0.4 is 5.32 Å². The average Bonchev–Trinajstić information content (AvgIpc) is 2.53. The summed E-state index contributed by atoms with van der Waals surface area (Å²) in [6.07, 6.45) is 0.524. The van der Waals surface area contributed by atoms with Crippen LogP contribution in [0, 0.1) is 0 Å². The van der Waals surface area contributed by atoms with Gasteiger partial charge in [-0.05, 0) is 45.4 Å². The van der Waals surface area contributed by atoms with Crippen molar-refractivity contribution in [1.82, 2.24) is 10.2 Å². The molecule has 144 valence electrons. The number of nitrogens with one attached hydrogen (secondary N) is 1. The fourth-order valence-electron chi connectivity index (χ4n) is 3.14. The van der Waals surface area contributed by atoms with Gasteiger partial charge in [0.1, 0.15) is 0 Å². The molecule has 1 aromatic rings. The third-order valence-electron chi connectivity index (χ3n) is 4.10. The topological polar surface area (TPSA) is 67.9 Å². The lowest BCUT2D eigenvalue weighted by Gasteiger charge is -2.35. The maximum atomic E-state index is 12.1. The van der Waals surface area contributed by atoms with E-state index in [4.69, 9.17) is 9.47 Å². The molecule has 0 saturated carbocycles. The molecule has 1 aliphatic rings. The number of benzene rings is 1. The van der Waals surface area contributed by atoms with Crippen molar-refractivity contribution >= 4 is 11.9 Å². The number of nitrogens with zero attached hydrogens (tertiary/aromatic N) is 1. The number of carbonyl (C=O) groups is 2. The van der Waals surface area contributed by atoms with Crippen LogP contribution in [-0.4, -0.2) is 54.7 Å². The van der Waals surface area contributed by atoms with Gasteiger partial charge in [0.15, 0.2) is 0 Å². The minimum atomic E-state index is -0.301. The monoisotopic (exact) mass is 362 g/mol. The molecular formula is C20H30N2O4. The molecule has 1 aliphatic heterocycles. The van der Waals surface area contributed by atoms with Crippen molar-refractivity contribution in [2.24, 2.45) is 0 Å². The van der Waals surface area contributed by atoms with Crippen LogP contribution in [0.15, 0.2) is 24.3 Å². The van der Waals surface area contributed by atoms with Crippen LogP contribution >= 0.6 is 0 Å². The molecule has 0 aromatic heterocycles. The molecule has 1 amide bonds. The van der Waals surface area contributed by atoms with Crippen molar-refractivity contribution in [3.63, 3.8) is 0 Å². The molecule has 1 heterocycles. The van der Waals surface area contributed by atoms with E-state index in [0.29, 0.717) is 5.56 Å². The second kappa shape index (κ2) is 9.69. The largest absolute Gasteiger partial charge is 0.463 e. The highest BCUT2D eigenvalue weighted by atomic mass is 16.5. The summed E-state index contributed by atoms with van der Waals surface area (Å²) in [5.41, 5.74) is 1.76. The Morgan fingerprint density at radius 1 is 1.19 bits per heavy atom. The van der Waals surface area contributed by atoms with Crippen molar-refractivity contribution in [3.05, 3.63) is 35.4 Å². The molecule has 6 nitrogen and oxygen atoms in total. The van der Waals surface area contributed by atoms with Crippen molar-refractivity contribution in [2.75, 3.05) is 19.6 Å². The predicted octanol–water partition coefficient (Wildman–Crippen LogP) is 2.37. The SMILES string of the molecule is CC(C)OC(=O)CCNC(=O)c1ccc(CN2CC(C)OC(C)C2)cc1. The van der Waals surface area contributed by atoms with E-state index < -0.39 is 0 Å². The summed E-state index contributed by atoms with van der Waals surface area (Å²) in [7, 11) is 0. The summed E-state index contributed by atoms with van der Waals surface area (Å²) < 4.78 is 10.8. The second-order valence-corrected chi connectivity index (χ2v) is 7.19. The first-order valence-corrected chi connectivity index (χ1v) is 9.28. The van der Waals surface area contributed by atoms with E-state index in [2.05, 4.69) is 24.1 Å². The minimum Gasteiger partial charge on any atom is -0.463 e. The van der Waals surface area contributed by atoms with Crippen molar-refractivity contribution in [3.8, 4) is 0 Å². The van der Waals surface area contributed by atoms with Crippen LogP contribution in [-0.2, 0) is 20.8 Å². The van der Waals surface area contributed by atoms with Crippen LogP contribution in [0.25, 0.3) is 0 Å². The summed E-state index contributed by atoms with van der Waals surface area (Å²) in [6.45, 7) is 10.7. The van der Waals surface area contributed by atoms with E-state index in [0.717, 1.165) is 19.6 Å². The fourth-order valence-corrected chi connectivity index (χ4v) is 3.14. The van der Waals surface area contributed by atoms with Gasteiger partial charge in [0.2, 0.25) is 0 Å². The maximum absolute atomic E-state index is 12.1. The molecule has 1 fully saturated rings. The molecule has 0 bridgehead atoms. The van der Waals surface area contributed by atoms with E-state index in [1.807, 2.05) is 24.3 Å². The summed E-state index contributed by atoms with van der Waals surface area (Å²) in [4.78, 5) is 26.0. The Labute approximate surface area is 155 Å². The molecule has 0 aliphatic carbocycles. The van der Waals surface area contributed by atoms with Gasteiger partial charge in [-0.15, -0.1) is 0 Å². The van der Waals surface area contributed by atoms with E-state index in [1.54, 1.807) is 13.8 Å². The molecule has 6 heteroatoms. The summed E-state index contributed by atoms with van der Waals surface area (Å²) in [5.74, 6) is -0.480. The van der Waals surface area contributed by atoms with Crippen LogP contribution in [0.2, 0.25) is 0 Å². The van der Waals surface area contributed by atoms with E-state index >= 15 is 0 Å². The normalized spacial score (nSPS) is 20.8. The summed E-state index contributed by atoms with van der Waals surface area (Å²) in [6, 6.07) is 7.61. The van der Waals surface area contributed by atoms with Crippen LogP contribution in [0.5, 0.6) is 0 Å². The third-order valence-corrected chi connectivity index (χ3v) is 4.10. The summed E-state index contributed by atoms with van der Waals surface area (Å²) in [5, 5.41) is 2.75. The Hall–Kier alpha value is -1.92. The Balaban J connectivity index is 1.79. The summed E-state index contributed by atoms with van der Waals surface area (Å²) >= 11 is 0. The first kappa shape index (κ1) is 20.4. The lowest BCUT2D eigenvalue weighted by atomic mass is 10.1. The molecule has 0 radical (unpaired) electrons. The molecule has 0 spiro atoms. The predicted molar refractivity (Wildman–Crippen MR) is 99.9 cm³/mol. The number of morpholine rings is 1. The Kier molecular flexibility index (Phi) is 7.60. The van der Waals surface area contributed by atoms with Gasteiger partial charge in [-0.25, -0.2) is 0 Å². The van der Waals surface area contributed by atoms with Gasteiger partial charge >= 0.3 is 5.97 Å². The van der Waals surface area contributed by atoms with E-state index in [-0.39, 0.29) is 43.2 Å². The number of hydrogen-bond acceptors (Lipinski definition) is 5. The average molecular weight is 362 g/mol. The molecule has 26 heavy (non-hydrogen) atoms. The van der Waals surface area contributed by atoms with Crippen molar-refractivity contribution in [1.29, 1.82) is 0 Å². The van der Waals surface area contributed by atoms with Gasteiger partial charge in [0.25, 0.3) is 5.91 Å². The maximum Gasteiger partial charge on any atom is 0.307 e. The molecule has 2 atom stereocenters. The standard InChI is InChI=1S/C20H30N2O4/c1-14(2)25-19(23)9-10-21-20(24)18-7-5-17(6-8-18)13-22-11-15(3)26-16(4)12-22/h5-8,14-16H,9-13H2,1-4H3,(H,21,24). The van der Waals surface area contributed by atoms with E-state index in [9.17, 15) is 9.59 Å². The van der Waals surface area contributed by atoms with Gasteiger partial charge in [-0.1, -0.05) is 12.1 Å². The van der Waals surface area contributed by atoms with Crippen molar-refractivity contribution in [2.45, 2.75) is 59.0 Å². The van der Waals surface area contributed by atoms with Gasteiger partial charge in [-0.2, -0.15) is 0 Å². The Morgan fingerprint density at radius 3 is 2.38 bits per heavy atom. The van der Waals surface area contributed by atoms with Crippen LogP contribution in [0.1, 0.15) is 50.0 Å². The number of amides is 1. The van der Waals surface area contributed by atoms with Gasteiger partial charge in [-0.3, -0.25) is 14.5 Å². The Morgan fingerprint density at radius 2 is 1.81 bits per heavy atom. The quantitative estimate of drug-likeness (QED) is 0.754. The lowest BCUT2D eigenvalue weighted by molar-refractivity contribution is -0.147. The highest BCUT2D eigenvalue weighted by molar-refractivity contribution is 5.94. The zero-order valence-corrected chi connectivity index (χ0v) is 16.2. The van der Waals surface area contributed by atoms with Gasteiger partial charge in [0.05, 0.1) is 24.7 Å². The number of hydrogen-bond donors (Lipinski definition) is 1. The first-order valence-electron chi connectivity index (χ1n) is 9.28. The molecule has 2 unspecified atom stereocenters. The molecule has 1 N–H and O–H groups in total. The minimum absolute atomic E-state index is 0.136. The Bertz CT molecular complexity index is 590. The number of esters is 1. The molecule has 1 aromatic carbocycles. The first-order chi connectivity index (χ1) is 12.3. The van der Waals surface area contributed by atoms with Gasteiger partial charge in [0, 0.05) is 31.7 Å². The number of carbonyl (C=O) groups excluding carboxylic acids is 2. The molecule has 1 saturated heterocycles. The zero-order valence-electron chi connectivity index (χ0n) is 16.2. The smallest absolute Gasteiger partial charge is 0.307 e. The second-order valence-electron chi connectivity index (χ2n) is 7.19. The highest BCUT2D eigenvalue weighted by Crippen LogP contribution is 2.14. The van der Waals surface area contributed by atoms with Crippen LogP contribution in [0.3, 0.4) is 0 Å². The number of ether oxygens (including phenoxy) is 2. The zero-order chi connectivity index (χ0) is 19.1. The van der Waals surface area contributed by atoms with Crippen molar-refractivity contribution < 1.29 is 19.1 Å². The third kappa shape index (κ3) is 6.77. The fraction of sp³-hybridized carbons (Fsp3) is 0.600. The van der Waals surface area contributed by atoms with Crippen LogP contribution in [0.4, 0.5) is 0 Å². The van der Waals surface area contributed by atoms with E-state index in [1.165, 1.54) is 5.56 Å². The molecular weight excluding hydrogens is 332 g/mol. The number of rotatable bonds is 7. The highest BCUT2D eigenvalue weighted by Gasteiger charge is 2.22. The molecule has 2 rings (SSSR count). The lowest BCUT2D eigenvalue weighted by Crippen LogP contribution is -2.44.